The van der Waals surface area contributed by atoms with Gasteiger partial charge in [-0.05, 0) is 42.8 Å². The number of ether oxygens (including phenoxy) is 1. The highest BCUT2D eigenvalue weighted by atomic mass is 19.4. The number of benzene rings is 2. The standard InChI is InChI=1S/C22H19F3N2O3/c1-14(13-28)27-20(29)16-11-19(15-5-3-2-4-6-15)21(26-12-16)30-18-9-7-17(8-10-18)22(23,24)25/h2-12,14,28H,13H2,1H3,(H,27,29). The molecule has 1 unspecified atom stereocenters. The lowest BCUT2D eigenvalue weighted by Crippen LogP contribution is -2.35. The number of pyridine rings is 1. The Morgan fingerprint density at radius 1 is 1.13 bits per heavy atom. The van der Waals surface area contributed by atoms with Crippen LogP contribution in [0.2, 0.25) is 0 Å². The maximum atomic E-state index is 12.8. The lowest BCUT2D eigenvalue weighted by Gasteiger charge is -2.14. The van der Waals surface area contributed by atoms with E-state index in [9.17, 15) is 18.0 Å². The molecule has 0 saturated carbocycles. The highest BCUT2D eigenvalue weighted by Crippen LogP contribution is 2.34. The summed E-state index contributed by atoms with van der Waals surface area (Å²) in [4.78, 5) is 16.6. The van der Waals surface area contributed by atoms with Gasteiger partial charge >= 0.3 is 6.18 Å². The van der Waals surface area contributed by atoms with Gasteiger partial charge in [0, 0.05) is 17.8 Å². The third kappa shape index (κ3) is 5.15. The molecule has 0 fully saturated rings. The first kappa shape index (κ1) is 21.3. The van der Waals surface area contributed by atoms with Crippen molar-refractivity contribution in [3.63, 3.8) is 0 Å². The molecule has 0 aliphatic heterocycles. The zero-order valence-electron chi connectivity index (χ0n) is 16.0. The van der Waals surface area contributed by atoms with Crippen molar-refractivity contribution in [1.82, 2.24) is 10.3 Å². The van der Waals surface area contributed by atoms with Crippen LogP contribution in [-0.2, 0) is 6.18 Å². The van der Waals surface area contributed by atoms with E-state index in [4.69, 9.17) is 9.84 Å². The molecule has 0 aliphatic carbocycles. The van der Waals surface area contributed by atoms with E-state index in [1.54, 1.807) is 37.3 Å². The minimum absolute atomic E-state index is 0.146. The number of rotatable bonds is 6. The Morgan fingerprint density at radius 3 is 2.40 bits per heavy atom. The normalized spacial score (nSPS) is 12.3. The number of alkyl halides is 3. The number of carbonyl (C=O) groups excluding carboxylic acids is 1. The number of amides is 1. The van der Waals surface area contributed by atoms with Crippen molar-refractivity contribution >= 4 is 5.91 Å². The van der Waals surface area contributed by atoms with Gasteiger partial charge in [0.25, 0.3) is 5.91 Å². The van der Waals surface area contributed by atoms with Gasteiger partial charge in [0.2, 0.25) is 5.88 Å². The second-order valence-electron chi connectivity index (χ2n) is 6.62. The average molecular weight is 416 g/mol. The van der Waals surface area contributed by atoms with Crippen LogP contribution in [0.3, 0.4) is 0 Å². The number of aliphatic hydroxyl groups is 1. The van der Waals surface area contributed by atoms with Crippen LogP contribution in [0.1, 0.15) is 22.8 Å². The van der Waals surface area contributed by atoms with E-state index in [-0.39, 0.29) is 23.8 Å². The van der Waals surface area contributed by atoms with Crippen molar-refractivity contribution in [2.45, 2.75) is 19.1 Å². The Morgan fingerprint density at radius 2 is 1.80 bits per heavy atom. The maximum absolute atomic E-state index is 12.8. The van der Waals surface area contributed by atoms with E-state index in [1.165, 1.54) is 18.3 Å². The van der Waals surface area contributed by atoms with Gasteiger partial charge in [-0.1, -0.05) is 30.3 Å². The molecule has 0 spiro atoms. The van der Waals surface area contributed by atoms with Crippen LogP contribution in [0.15, 0.2) is 66.9 Å². The molecule has 1 amide bonds. The number of nitrogens with zero attached hydrogens (tertiary/aromatic N) is 1. The summed E-state index contributed by atoms with van der Waals surface area (Å²) >= 11 is 0. The maximum Gasteiger partial charge on any atom is 0.416 e. The average Bonchev–Trinajstić information content (AvgIpc) is 2.74. The first-order valence-corrected chi connectivity index (χ1v) is 9.10. The van der Waals surface area contributed by atoms with E-state index in [2.05, 4.69) is 10.3 Å². The number of nitrogens with one attached hydrogen (secondary N) is 1. The van der Waals surface area contributed by atoms with Gasteiger partial charge in [0.1, 0.15) is 5.75 Å². The molecule has 1 heterocycles. The number of aromatic nitrogens is 1. The zero-order valence-corrected chi connectivity index (χ0v) is 16.0. The number of hydrogen-bond donors (Lipinski definition) is 2. The summed E-state index contributed by atoms with van der Waals surface area (Å²) in [6, 6.07) is 14.5. The van der Waals surface area contributed by atoms with Crippen molar-refractivity contribution in [2.24, 2.45) is 0 Å². The summed E-state index contributed by atoms with van der Waals surface area (Å²) in [6.45, 7) is 1.45. The fraction of sp³-hybridized carbons (Fsp3) is 0.182. The summed E-state index contributed by atoms with van der Waals surface area (Å²) in [5.74, 6) is -0.0891. The summed E-state index contributed by atoms with van der Waals surface area (Å²) < 4.78 is 44.0. The second-order valence-corrected chi connectivity index (χ2v) is 6.62. The summed E-state index contributed by atoms with van der Waals surface area (Å²) in [6.07, 6.45) is -3.13. The molecule has 0 saturated heterocycles. The smallest absolute Gasteiger partial charge is 0.416 e. The van der Waals surface area contributed by atoms with Gasteiger partial charge < -0.3 is 15.2 Å². The van der Waals surface area contributed by atoms with Gasteiger partial charge in [-0.15, -0.1) is 0 Å². The molecule has 1 aromatic heterocycles. The Labute approximate surface area is 171 Å². The fourth-order valence-corrected chi connectivity index (χ4v) is 2.66. The Hall–Kier alpha value is -3.39. The summed E-state index contributed by atoms with van der Waals surface area (Å²) in [5.41, 5.74) is 0.696. The van der Waals surface area contributed by atoms with Crippen LogP contribution in [-0.4, -0.2) is 28.6 Å². The fourth-order valence-electron chi connectivity index (χ4n) is 2.66. The van der Waals surface area contributed by atoms with Crippen LogP contribution >= 0.6 is 0 Å². The quantitative estimate of drug-likeness (QED) is 0.613. The highest BCUT2D eigenvalue weighted by Gasteiger charge is 2.30. The van der Waals surface area contributed by atoms with E-state index < -0.39 is 23.7 Å². The third-order valence-electron chi connectivity index (χ3n) is 4.25. The van der Waals surface area contributed by atoms with E-state index in [0.29, 0.717) is 5.56 Å². The molecule has 5 nitrogen and oxygen atoms in total. The molecule has 0 bridgehead atoms. The minimum atomic E-state index is -4.44. The van der Waals surface area contributed by atoms with Gasteiger partial charge in [-0.25, -0.2) is 4.98 Å². The van der Waals surface area contributed by atoms with Crippen LogP contribution in [0.4, 0.5) is 13.2 Å². The molecular formula is C22H19F3N2O3. The van der Waals surface area contributed by atoms with Crippen molar-refractivity contribution in [2.75, 3.05) is 6.61 Å². The predicted molar refractivity (Wildman–Crippen MR) is 105 cm³/mol. The van der Waals surface area contributed by atoms with Crippen molar-refractivity contribution in [3.8, 4) is 22.8 Å². The molecule has 156 valence electrons. The van der Waals surface area contributed by atoms with E-state index in [1.807, 2.05) is 6.07 Å². The van der Waals surface area contributed by atoms with E-state index >= 15 is 0 Å². The Bertz CT molecular complexity index is 1010. The first-order chi connectivity index (χ1) is 14.3. The SMILES string of the molecule is CC(CO)NC(=O)c1cnc(Oc2ccc(C(F)(F)F)cc2)c(-c2ccccc2)c1. The van der Waals surface area contributed by atoms with Crippen LogP contribution in [0.25, 0.3) is 11.1 Å². The third-order valence-corrected chi connectivity index (χ3v) is 4.25. The van der Waals surface area contributed by atoms with Crippen molar-refractivity contribution in [1.29, 1.82) is 0 Å². The monoisotopic (exact) mass is 416 g/mol. The number of aliphatic hydroxyl groups excluding tert-OH is 1. The molecule has 1 atom stereocenters. The Kier molecular flexibility index (Phi) is 6.37. The van der Waals surface area contributed by atoms with Gasteiger partial charge in [-0.2, -0.15) is 13.2 Å². The number of carbonyl (C=O) groups is 1. The molecule has 3 rings (SSSR count). The van der Waals surface area contributed by atoms with Gasteiger partial charge in [-0.3, -0.25) is 4.79 Å². The molecule has 30 heavy (non-hydrogen) atoms. The summed E-state index contributed by atoms with van der Waals surface area (Å²) in [7, 11) is 0. The molecule has 3 aromatic rings. The van der Waals surface area contributed by atoms with E-state index in [0.717, 1.165) is 17.7 Å². The molecule has 8 heteroatoms. The van der Waals surface area contributed by atoms with Crippen LogP contribution in [0.5, 0.6) is 11.6 Å². The first-order valence-electron chi connectivity index (χ1n) is 9.10. The molecule has 2 N–H and O–H groups in total. The molecule has 2 aromatic carbocycles. The predicted octanol–water partition coefficient (Wildman–Crippen LogP) is 4.67. The van der Waals surface area contributed by atoms with Gasteiger partial charge in [0.15, 0.2) is 0 Å². The minimum Gasteiger partial charge on any atom is -0.438 e. The second kappa shape index (κ2) is 8.96. The van der Waals surface area contributed by atoms with Crippen molar-refractivity contribution < 1.29 is 27.8 Å². The van der Waals surface area contributed by atoms with Crippen LogP contribution < -0.4 is 10.1 Å². The number of halogens is 3. The zero-order chi connectivity index (χ0) is 21.7. The molecule has 0 radical (unpaired) electrons. The lowest BCUT2D eigenvalue weighted by molar-refractivity contribution is -0.137. The Balaban J connectivity index is 1.94. The number of hydrogen-bond acceptors (Lipinski definition) is 4. The topological polar surface area (TPSA) is 71.5 Å². The highest BCUT2D eigenvalue weighted by molar-refractivity contribution is 5.95. The van der Waals surface area contributed by atoms with Crippen molar-refractivity contribution in [3.05, 3.63) is 78.0 Å². The van der Waals surface area contributed by atoms with Crippen LogP contribution in [0, 0.1) is 0 Å². The molecule has 0 aliphatic rings. The summed E-state index contributed by atoms with van der Waals surface area (Å²) in [5, 5.41) is 11.8. The molecular weight excluding hydrogens is 397 g/mol. The van der Waals surface area contributed by atoms with Gasteiger partial charge in [0.05, 0.1) is 17.7 Å². The largest absolute Gasteiger partial charge is 0.438 e. The lowest BCUT2D eigenvalue weighted by atomic mass is 10.0.